The van der Waals surface area contributed by atoms with Crippen molar-refractivity contribution >= 4 is 6.47 Å². The van der Waals surface area contributed by atoms with Crippen molar-refractivity contribution in [1.82, 2.24) is 6.15 Å². The second-order valence-electron chi connectivity index (χ2n) is 0.737. The van der Waals surface area contributed by atoms with Gasteiger partial charge in [0.05, 0.1) is 19.1 Å². The van der Waals surface area contributed by atoms with Crippen molar-refractivity contribution in [2.45, 2.75) is 6.42 Å². The molecule has 0 heterocycles. The Morgan fingerprint density at radius 3 is 2.00 bits per heavy atom. The van der Waals surface area contributed by atoms with E-state index in [0.717, 1.165) is 0 Å². The highest BCUT2D eigenvalue weighted by Crippen LogP contribution is 1.62. The summed E-state index contributed by atoms with van der Waals surface area (Å²) in [5.74, 6) is 0. The van der Waals surface area contributed by atoms with E-state index >= 15 is 0 Å². The molecule has 0 aliphatic heterocycles. The Morgan fingerprint density at radius 1 is 1.67 bits per heavy atom. The van der Waals surface area contributed by atoms with Gasteiger partial charge in [0.25, 0.3) is 6.47 Å². The molecule has 0 aromatic heterocycles. The number of aliphatic hydroxyl groups is 1. The lowest BCUT2D eigenvalue weighted by atomic mass is 10.5. The summed E-state index contributed by atoms with van der Waals surface area (Å²) in [6.45, 7) is -0.267. The maximum Gasteiger partial charge on any atom is 0.290 e. The molecule has 0 aromatic rings. The number of hydrogen-bond donors (Lipinski definition) is 3. The Kier molecular flexibility index (Phi) is 49.9. The molecule has 0 radical (unpaired) electrons. The molecule has 9 heavy (non-hydrogen) atoms. The van der Waals surface area contributed by atoms with Crippen LogP contribution in [0.15, 0.2) is 0 Å². The molecule has 0 saturated carbocycles. The van der Waals surface area contributed by atoms with Crippen LogP contribution in [0.4, 0.5) is 0 Å². The monoisotopic (exact) mass is 134 g/mol. The smallest absolute Gasteiger partial charge is 0.290 e. The van der Waals surface area contributed by atoms with Crippen molar-refractivity contribution in [1.29, 1.82) is 5.26 Å². The summed E-state index contributed by atoms with van der Waals surface area (Å²) in [6.07, 6.45) is 0.250. The van der Waals surface area contributed by atoms with Crippen LogP contribution in [0, 0.1) is 11.3 Å². The van der Waals surface area contributed by atoms with E-state index in [2.05, 4.69) is 0 Å². The predicted octanol–water partition coefficient (Wildman–Crippen LogP) is -0.245. The van der Waals surface area contributed by atoms with Crippen LogP contribution in [0.25, 0.3) is 0 Å². The summed E-state index contributed by atoms with van der Waals surface area (Å²) in [6, 6.07) is 1.77. The van der Waals surface area contributed by atoms with Gasteiger partial charge >= 0.3 is 0 Å². The van der Waals surface area contributed by atoms with Crippen LogP contribution >= 0.6 is 0 Å². The van der Waals surface area contributed by atoms with Gasteiger partial charge < -0.3 is 16.4 Å². The molecule has 0 aliphatic rings. The van der Waals surface area contributed by atoms with Crippen molar-refractivity contribution in [3.05, 3.63) is 0 Å². The quantitative estimate of drug-likeness (QED) is 0.428. The number of rotatable bonds is 1. The first-order valence-electron chi connectivity index (χ1n) is 1.89. The fourth-order valence-electron chi connectivity index (χ4n) is 0.0500. The molecule has 5 N–H and O–H groups in total. The first kappa shape index (κ1) is 15.7. The molecule has 0 atom stereocenters. The molecule has 0 saturated heterocycles. The van der Waals surface area contributed by atoms with Crippen molar-refractivity contribution < 1.29 is 15.0 Å². The highest BCUT2D eigenvalue weighted by Gasteiger charge is 1.66. The average Bonchev–Trinajstić information content (AvgIpc) is 1.71. The number of hydrogen-bond acceptors (Lipinski definition) is 4. The molecule has 0 bridgehead atoms. The minimum absolute atomic E-state index is 0. The fourth-order valence-corrected chi connectivity index (χ4v) is 0.0500. The molecule has 5 nitrogen and oxygen atoms in total. The molecule has 0 unspecified atom stereocenters. The van der Waals surface area contributed by atoms with Gasteiger partial charge in [0.1, 0.15) is 0 Å². The molecule has 0 spiro atoms. The van der Waals surface area contributed by atoms with Gasteiger partial charge in [-0.1, -0.05) is 0 Å². The van der Waals surface area contributed by atoms with E-state index in [-0.39, 0.29) is 25.7 Å². The van der Waals surface area contributed by atoms with Crippen molar-refractivity contribution in [3.63, 3.8) is 0 Å². The van der Waals surface area contributed by atoms with Gasteiger partial charge in [0.15, 0.2) is 0 Å². The lowest BCUT2D eigenvalue weighted by molar-refractivity contribution is -0.122. The molecule has 0 fully saturated rings. The predicted molar refractivity (Wildman–Crippen MR) is 31.0 cm³/mol. The van der Waals surface area contributed by atoms with Crippen molar-refractivity contribution in [2.24, 2.45) is 0 Å². The van der Waals surface area contributed by atoms with Crippen LogP contribution in [0.2, 0.25) is 0 Å². The molecule has 0 aliphatic carbocycles. The number of carbonyl (C=O) groups is 1. The highest BCUT2D eigenvalue weighted by atomic mass is 16.3. The van der Waals surface area contributed by atoms with Crippen LogP contribution in [0.1, 0.15) is 6.42 Å². The molecule has 0 rings (SSSR count). The summed E-state index contributed by atoms with van der Waals surface area (Å²) in [5.41, 5.74) is 0. The maximum atomic E-state index is 8.36. The van der Waals surface area contributed by atoms with E-state index in [9.17, 15) is 0 Å². The first-order chi connectivity index (χ1) is 3.83. The number of nitriles is 1. The Balaban J connectivity index is -0.0000000800. The van der Waals surface area contributed by atoms with E-state index in [4.69, 9.17) is 20.3 Å². The van der Waals surface area contributed by atoms with Crippen LogP contribution in [-0.4, -0.2) is 23.3 Å². The van der Waals surface area contributed by atoms with Gasteiger partial charge in [0, 0.05) is 0 Å². The summed E-state index contributed by atoms with van der Waals surface area (Å²) in [4.78, 5) is 8.36. The van der Waals surface area contributed by atoms with Crippen molar-refractivity contribution in [2.75, 3.05) is 6.61 Å². The molecule has 54 valence electrons. The zero-order valence-corrected chi connectivity index (χ0v) is 4.95. The minimum Gasteiger partial charge on any atom is -0.483 e. The van der Waals surface area contributed by atoms with E-state index in [1.165, 1.54) is 0 Å². The standard InChI is InChI=1S/C3H5NO.CH2O2.H3N/c4-2-1-3-5;2-1-3;/h5H,1,3H2;1H,(H,2,3);1H3. The third kappa shape index (κ3) is 212. The Hall–Kier alpha value is -1.12. The molecule has 0 aromatic carbocycles. The van der Waals surface area contributed by atoms with Gasteiger partial charge in [0.2, 0.25) is 0 Å². The second-order valence-corrected chi connectivity index (χ2v) is 0.737. The number of nitrogens with zero attached hydrogens (tertiary/aromatic N) is 1. The van der Waals surface area contributed by atoms with E-state index in [0.29, 0.717) is 0 Å². The molecular weight excluding hydrogens is 124 g/mol. The Labute approximate surface area is 53.1 Å². The molecule has 5 heteroatoms. The van der Waals surface area contributed by atoms with Crippen LogP contribution < -0.4 is 6.15 Å². The average molecular weight is 134 g/mol. The van der Waals surface area contributed by atoms with Crippen LogP contribution in [0.5, 0.6) is 0 Å². The molecule has 0 amide bonds. The van der Waals surface area contributed by atoms with Crippen LogP contribution in [-0.2, 0) is 4.79 Å². The zero-order chi connectivity index (χ0) is 6.83. The zero-order valence-electron chi connectivity index (χ0n) is 4.95. The lowest BCUT2D eigenvalue weighted by Gasteiger charge is -1.67. The van der Waals surface area contributed by atoms with Gasteiger partial charge in [-0.25, -0.2) is 0 Å². The fraction of sp³-hybridized carbons (Fsp3) is 0.500. The summed E-state index contributed by atoms with van der Waals surface area (Å²) < 4.78 is 0. The topological polar surface area (TPSA) is 116 Å². The van der Waals surface area contributed by atoms with E-state index < -0.39 is 0 Å². The number of aliphatic hydroxyl groups excluding tert-OH is 1. The third-order valence-corrected chi connectivity index (χ3v) is 0.224. The van der Waals surface area contributed by atoms with Gasteiger partial charge in [-0.05, 0) is 0 Å². The van der Waals surface area contributed by atoms with Gasteiger partial charge in [-0.2, -0.15) is 5.26 Å². The van der Waals surface area contributed by atoms with Gasteiger partial charge in [-0.3, -0.25) is 4.79 Å². The SMILES string of the molecule is N.N#CCCO.O=CO. The lowest BCUT2D eigenvalue weighted by Crippen LogP contribution is -1.72. The third-order valence-electron chi connectivity index (χ3n) is 0.224. The normalized spacial score (nSPS) is 4.89. The largest absolute Gasteiger partial charge is 0.483 e. The number of carboxylic acid groups (broad SMARTS) is 1. The Morgan fingerprint density at radius 2 is 2.00 bits per heavy atom. The van der Waals surface area contributed by atoms with Gasteiger partial charge in [-0.15, -0.1) is 0 Å². The summed E-state index contributed by atoms with van der Waals surface area (Å²) in [7, 11) is 0. The summed E-state index contributed by atoms with van der Waals surface area (Å²) >= 11 is 0. The molecular formula is C4H10N2O3. The Bertz CT molecular complexity index is 78.4. The first-order valence-corrected chi connectivity index (χ1v) is 1.89. The van der Waals surface area contributed by atoms with Crippen LogP contribution in [0.3, 0.4) is 0 Å². The van der Waals surface area contributed by atoms with E-state index in [1.807, 2.05) is 0 Å². The second kappa shape index (κ2) is 28.7. The van der Waals surface area contributed by atoms with E-state index in [1.54, 1.807) is 6.07 Å². The maximum absolute atomic E-state index is 8.36. The van der Waals surface area contributed by atoms with Crippen molar-refractivity contribution in [3.8, 4) is 6.07 Å². The minimum atomic E-state index is -0.250. The summed E-state index contributed by atoms with van der Waals surface area (Å²) in [5, 5.41) is 22.4. The highest BCUT2D eigenvalue weighted by molar-refractivity contribution is 5.32.